The van der Waals surface area contributed by atoms with E-state index in [1.54, 1.807) is 36.4 Å². The zero-order chi connectivity index (χ0) is 68.5. The third kappa shape index (κ3) is 24.1. The van der Waals surface area contributed by atoms with Crippen molar-refractivity contribution in [2.75, 3.05) is 13.1 Å². The third-order valence-electron chi connectivity index (χ3n) is 14.9. The molecule has 1 aromatic heterocycles. The Morgan fingerprint density at radius 3 is 1.74 bits per heavy atom. The smallest absolute Gasteiger partial charge is 0.326 e. The number of aromatic hydroxyl groups is 1. The molecular weight excluding hydrogens is 1210 g/mol. The van der Waals surface area contributed by atoms with Gasteiger partial charge in [0.05, 0.1) is 12.1 Å². The zero-order valence-corrected chi connectivity index (χ0v) is 51.5. The normalized spacial score (nSPS) is 16.1. The summed E-state index contributed by atoms with van der Waals surface area (Å²) in [4.78, 5) is 182. The molecule has 11 atom stereocenters. The highest BCUT2D eigenvalue weighted by molar-refractivity contribution is 5.99. The van der Waals surface area contributed by atoms with E-state index in [1.807, 2.05) is 13.8 Å². The lowest BCUT2D eigenvalue weighted by Crippen LogP contribution is -2.62. The number of guanidine groups is 1. The number of aliphatic carboxylic acids is 3. The number of aliphatic hydroxyl groups excluding tert-OH is 1. The van der Waals surface area contributed by atoms with Crippen molar-refractivity contribution in [1.82, 2.24) is 52.4 Å². The molecule has 3 aromatic rings. The van der Waals surface area contributed by atoms with E-state index >= 15 is 0 Å². The van der Waals surface area contributed by atoms with Crippen LogP contribution in [0, 0.1) is 5.92 Å². The number of primary amides is 1. The topological polar surface area (TPSA) is 555 Å². The Labute approximate surface area is 528 Å². The van der Waals surface area contributed by atoms with Gasteiger partial charge in [-0.05, 0) is 100 Å². The Balaban J connectivity index is 1.59. The number of carbonyl (C=O) groups is 13. The van der Waals surface area contributed by atoms with Crippen LogP contribution in [0.4, 0.5) is 0 Å². The number of aromatic amines is 1. The van der Waals surface area contributed by atoms with Gasteiger partial charge in [-0.1, -0.05) is 44.2 Å². The number of rotatable bonds is 38. The second kappa shape index (κ2) is 36.1. The number of carbonyl (C=O) groups excluding carboxylic acids is 10. The number of likely N-dealkylation sites (tertiary alicyclic amines) is 1. The van der Waals surface area contributed by atoms with Crippen LogP contribution in [-0.2, 0) is 75.2 Å². The number of nitrogens with one attached hydrogen (secondary N) is 9. The summed E-state index contributed by atoms with van der Waals surface area (Å²) in [6.07, 6.45) is -3.67. The summed E-state index contributed by atoms with van der Waals surface area (Å²) in [5.74, 6) is -14.5. The lowest BCUT2D eigenvalue weighted by Gasteiger charge is -2.31. The number of H-pyrrole nitrogens is 1. The molecule has 0 bridgehead atoms. The summed E-state index contributed by atoms with van der Waals surface area (Å²) in [6, 6.07) is -2.73. The minimum Gasteiger partial charge on any atom is -0.508 e. The van der Waals surface area contributed by atoms with Crippen molar-refractivity contribution in [2.24, 2.45) is 33.8 Å². The van der Waals surface area contributed by atoms with E-state index < -0.39 is 182 Å². The number of nitrogens with two attached hydrogens (primary N) is 4. The summed E-state index contributed by atoms with van der Waals surface area (Å²) in [5.41, 5.74) is 23.7. The molecule has 33 nitrogen and oxygen atoms in total. The van der Waals surface area contributed by atoms with Crippen molar-refractivity contribution in [2.45, 2.75) is 178 Å². The van der Waals surface area contributed by atoms with Crippen LogP contribution in [0.5, 0.6) is 5.75 Å². The van der Waals surface area contributed by atoms with Gasteiger partial charge in [-0.2, -0.15) is 0 Å². The van der Waals surface area contributed by atoms with E-state index in [0.29, 0.717) is 28.5 Å². The first-order chi connectivity index (χ1) is 43.3. The number of phenolic OH excluding ortho intramolecular Hbond substituents is 1. The molecule has 1 aliphatic rings. The van der Waals surface area contributed by atoms with E-state index in [4.69, 9.17) is 22.9 Å². The second-order valence-electron chi connectivity index (χ2n) is 22.8. The van der Waals surface area contributed by atoms with Crippen molar-refractivity contribution in [3.05, 3.63) is 65.9 Å². The van der Waals surface area contributed by atoms with Crippen LogP contribution in [-0.4, -0.2) is 198 Å². The van der Waals surface area contributed by atoms with Gasteiger partial charge in [0.25, 0.3) is 0 Å². The molecule has 33 heteroatoms. The molecule has 22 N–H and O–H groups in total. The highest BCUT2D eigenvalue weighted by Gasteiger charge is 2.41. The summed E-state index contributed by atoms with van der Waals surface area (Å²) >= 11 is 0. The van der Waals surface area contributed by atoms with Gasteiger partial charge in [0, 0.05) is 62.3 Å². The number of para-hydroxylation sites is 1. The minimum atomic E-state index is -1.99. The molecule has 1 fully saturated rings. The predicted octanol–water partition coefficient (Wildman–Crippen LogP) is -3.56. The fourth-order valence-electron chi connectivity index (χ4n) is 9.99. The van der Waals surface area contributed by atoms with Crippen molar-refractivity contribution < 1.29 is 87.9 Å². The Kier molecular flexibility index (Phi) is 29.2. The van der Waals surface area contributed by atoms with Gasteiger partial charge in [0.1, 0.15) is 60.1 Å². The first kappa shape index (κ1) is 74.5. The van der Waals surface area contributed by atoms with Crippen molar-refractivity contribution in [3.63, 3.8) is 0 Å². The quantitative estimate of drug-likeness (QED) is 0.0150. The average molecular weight is 1290 g/mol. The molecule has 0 spiro atoms. The average Bonchev–Trinajstić information content (AvgIpc) is 1.62. The predicted molar refractivity (Wildman–Crippen MR) is 328 cm³/mol. The Morgan fingerprint density at radius 1 is 0.620 bits per heavy atom. The molecule has 0 saturated carbocycles. The van der Waals surface area contributed by atoms with E-state index in [2.05, 4.69) is 52.5 Å². The first-order valence-electron chi connectivity index (χ1n) is 29.9. The lowest BCUT2D eigenvalue weighted by molar-refractivity contribution is -0.143. The Bertz CT molecular complexity index is 3150. The number of phenols is 1. The van der Waals surface area contributed by atoms with Gasteiger partial charge >= 0.3 is 17.9 Å². The Morgan fingerprint density at radius 2 is 1.16 bits per heavy atom. The molecule has 1 aliphatic heterocycles. The van der Waals surface area contributed by atoms with Crippen LogP contribution < -0.4 is 65.5 Å². The van der Waals surface area contributed by atoms with Crippen molar-refractivity contribution in [3.8, 4) is 5.75 Å². The molecule has 1 saturated heterocycles. The van der Waals surface area contributed by atoms with Gasteiger partial charge in [0.2, 0.25) is 59.1 Å². The maximum Gasteiger partial charge on any atom is 0.326 e. The molecular formula is C59H85N15O18. The number of hydrogen-bond acceptors (Lipinski definition) is 17. The molecule has 4 rings (SSSR count). The SMILES string of the molecule is CC(C)C[C@H](N)C(=O)N[C@@H](Cc1ccc(O)cc1)C(=O)N1CCC[C@H]1C(=O)N[C@@H](CCC(=O)O)C(=O)N[C@@H](Cc1c[nH]c2ccccc12)C(=O)N[C@H](C(=O)N[C@@H](CCC(=O)O)C(=O)N[C@@H](C)C(=O)N[C@@H](CCC(N)=O)C(=O)N[C@@H](CCCN=C(N)N)C(=O)O)[C@@H](C)O. The van der Waals surface area contributed by atoms with Crippen LogP contribution in [0.1, 0.15) is 109 Å². The van der Waals surface area contributed by atoms with Crippen molar-refractivity contribution >= 4 is 93.8 Å². The molecule has 0 unspecified atom stereocenters. The maximum atomic E-state index is 14.6. The fraction of sp³-hybridized carbons (Fsp3) is 0.525. The van der Waals surface area contributed by atoms with Gasteiger partial charge < -0.3 is 101 Å². The number of hydrogen-bond donors (Lipinski definition) is 18. The molecule has 2 aromatic carbocycles. The monoisotopic (exact) mass is 1290 g/mol. The van der Waals surface area contributed by atoms with Crippen LogP contribution in [0.15, 0.2) is 59.7 Å². The molecule has 0 aliphatic carbocycles. The van der Waals surface area contributed by atoms with Crippen LogP contribution >= 0.6 is 0 Å². The van der Waals surface area contributed by atoms with Gasteiger partial charge in [-0.3, -0.25) is 62.5 Å². The van der Waals surface area contributed by atoms with Crippen molar-refractivity contribution in [1.29, 1.82) is 0 Å². The maximum absolute atomic E-state index is 14.6. The summed E-state index contributed by atoms with van der Waals surface area (Å²) in [6.45, 7) is 5.98. The van der Waals surface area contributed by atoms with Crippen LogP contribution in [0.25, 0.3) is 10.9 Å². The molecule has 2 heterocycles. The number of fused-ring (bicyclic) bond motifs is 1. The number of amides is 10. The number of nitrogens with zero attached hydrogens (tertiary/aromatic N) is 2. The zero-order valence-electron chi connectivity index (χ0n) is 51.5. The summed E-state index contributed by atoms with van der Waals surface area (Å²) in [5, 5.41) is 70.0. The number of carboxylic acids is 3. The second-order valence-corrected chi connectivity index (χ2v) is 22.8. The number of carboxylic acid groups (broad SMARTS) is 3. The number of aliphatic imine (C=N–C) groups is 1. The van der Waals surface area contributed by atoms with Gasteiger partial charge in [0.15, 0.2) is 5.96 Å². The highest BCUT2D eigenvalue weighted by Crippen LogP contribution is 2.23. The first-order valence-corrected chi connectivity index (χ1v) is 29.9. The molecule has 504 valence electrons. The lowest BCUT2D eigenvalue weighted by atomic mass is 10.0. The molecule has 10 amide bonds. The largest absolute Gasteiger partial charge is 0.508 e. The molecule has 0 radical (unpaired) electrons. The van der Waals surface area contributed by atoms with Gasteiger partial charge in [-0.25, -0.2) is 4.79 Å². The number of benzene rings is 2. The van der Waals surface area contributed by atoms with Crippen LogP contribution in [0.2, 0.25) is 0 Å². The highest BCUT2D eigenvalue weighted by atomic mass is 16.4. The van der Waals surface area contributed by atoms with E-state index in [0.717, 1.165) is 13.8 Å². The minimum absolute atomic E-state index is 0.0158. The van der Waals surface area contributed by atoms with E-state index in [9.17, 15) is 87.9 Å². The standard InChI is InChI=1S/C59H85N15O18/c1-29(2)25-36(60)50(83)72-43(26-32-13-15-34(76)16-14-32)57(90)74-24-8-12-44(74)55(88)68-40(19-22-47(80)81)53(86)71-42(27-33-28-65-37-10-6-5-9-35(33)37)54(87)73-48(31(4)75)56(89)69-39(18-21-46(78)79)51(84)66-30(3)49(82)67-38(17-20-45(61)77)52(85)70-41(58(91)92)11-7-23-64-59(62)63/h5-6,9-10,13-16,28-31,36,38-44,48,65,75-76H,7-8,11-12,17-27,60H2,1-4H3,(H2,61,77)(H,66,84)(H,67,82)(H,68,88)(H,69,89)(H,70,85)(H,71,86)(H,72,83)(H,73,87)(H,78,79)(H,80,81)(H,91,92)(H4,62,63,64)/t30-,31+,36-,38-,39-,40-,41-,42-,43-,44-,48-/m0/s1. The summed E-state index contributed by atoms with van der Waals surface area (Å²) in [7, 11) is 0. The summed E-state index contributed by atoms with van der Waals surface area (Å²) < 4.78 is 0. The third-order valence-corrected chi connectivity index (χ3v) is 14.9. The van der Waals surface area contributed by atoms with E-state index in [1.165, 1.54) is 23.2 Å². The number of aliphatic hydroxyl groups is 1. The molecule has 92 heavy (non-hydrogen) atoms. The fourth-order valence-corrected chi connectivity index (χ4v) is 9.99. The number of aromatic nitrogens is 1. The Hall–Kier alpha value is -9.92. The van der Waals surface area contributed by atoms with E-state index in [-0.39, 0.29) is 69.2 Å². The van der Waals surface area contributed by atoms with Crippen LogP contribution in [0.3, 0.4) is 0 Å². The van der Waals surface area contributed by atoms with Gasteiger partial charge in [-0.15, -0.1) is 0 Å².